The maximum Gasteiger partial charge on any atom is 0.472 e. The molecule has 0 fully saturated rings. The van der Waals surface area contributed by atoms with Crippen LogP contribution in [0.25, 0.3) is 0 Å². The molecule has 0 aromatic heterocycles. The molecule has 0 heterocycles. The molecule has 0 aliphatic heterocycles. The fourth-order valence-corrected chi connectivity index (χ4v) is 8.51. The molecule has 11 nitrogen and oxygen atoms in total. The Morgan fingerprint density at radius 3 is 1.08 bits per heavy atom. The van der Waals surface area contributed by atoms with Crippen molar-refractivity contribution in [2.24, 2.45) is 0 Å². The lowest BCUT2D eigenvalue weighted by atomic mass is 10.0. The lowest BCUT2D eigenvalue weighted by Gasteiger charge is -2.21. The smallest absolute Gasteiger partial charge is 0.462 e. The number of unbranched alkanes of at least 4 members (excludes halogenated alkanes) is 19. The monoisotopic (exact) mass is 1080 g/mol. The van der Waals surface area contributed by atoms with E-state index in [2.05, 4.69) is 130 Å². The molecule has 0 amide bonds. The number of hydrogen-bond acceptors (Lipinski definition) is 10. The van der Waals surface area contributed by atoms with E-state index >= 15 is 0 Å². The van der Waals surface area contributed by atoms with E-state index in [4.69, 9.17) is 23.3 Å². The fourth-order valence-electron chi connectivity index (χ4n) is 7.73. The molecule has 0 aliphatic carbocycles. The third kappa shape index (κ3) is 54.9. The first-order valence-electron chi connectivity index (χ1n) is 29.8. The van der Waals surface area contributed by atoms with Crippen LogP contribution in [-0.4, -0.2) is 66.5 Å². The Labute approximate surface area is 463 Å². The molecule has 0 bridgehead atoms. The molecule has 0 aromatic rings. The lowest BCUT2D eigenvalue weighted by Crippen LogP contribution is -2.30. The average Bonchev–Trinajstić information content (AvgIpc) is 3.41. The Kier molecular flexibility index (Phi) is 54.4. The first-order valence-corrected chi connectivity index (χ1v) is 31.3. The second kappa shape index (κ2) is 57.3. The van der Waals surface area contributed by atoms with Crippen molar-refractivity contribution in [2.45, 2.75) is 251 Å². The number of carbonyl (C=O) groups excluding carboxylic acids is 3. The summed E-state index contributed by atoms with van der Waals surface area (Å²) in [7, 11) is -4.77. The molecule has 76 heavy (non-hydrogen) atoms. The molecule has 0 saturated heterocycles. The van der Waals surface area contributed by atoms with Gasteiger partial charge in [-0.05, 0) is 103 Å². The summed E-state index contributed by atoms with van der Waals surface area (Å²) < 4.78 is 39.5. The molecular formula is C64H107O11P. The van der Waals surface area contributed by atoms with E-state index in [9.17, 15) is 28.9 Å². The van der Waals surface area contributed by atoms with Crippen LogP contribution in [0.5, 0.6) is 0 Å². The minimum absolute atomic E-state index is 0.115. The van der Waals surface area contributed by atoms with Gasteiger partial charge in [0.2, 0.25) is 0 Å². The van der Waals surface area contributed by atoms with E-state index < -0.39 is 57.8 Å². The Bertz CT molecular complexity index is 1690. The van der Waals surface area contributed by atoms with Gasteiger partial charge < -0.3 is 24.2 Å². The van der Waals surface area contributed by atoms with Crippen molar-refractivity contribution in [3.05, 3.63) is 109 Å². The van der Waals surface area contributed by atoms with Crippen LogP contribution in [0.1, 0.15) is 239 Å². The number of phosphoric acid groups is 1. The Morgan fingerprint density at radius 2 is 0.684 bits per heavy atom. The summed E-state index contributed by atoms with van der Waals surface area (Å²) in [6.45, 7) is 4.34. The predicted molar refractivity (Wildman–Crippen MR) is 316 cm³/mol. The van der Waals surface area contributed by atoms with E-state index in [1.807, 2.05) is 0 Å². The van der Waals surface area contributed by atoms with E-state index in [-0.39, 0.29) is 25.9 Å². The summed E-state index contributed by atoms with van der Waals surface area (Å²) in [6, 6.07) is 0. The summed E-state index contributed by atoms with van der Waals surface area (Å²) in [6.07, 6.45) is 69.0. The molecule has 0 aliphatic rings. The zero-order valence-electron chi connectivity index (χ0n) is 47.9. The van der Waals surface area contributed by atoms with Gasteiger partial charge in [-0.15, -0.1) is 0 Å². The number of hydrogen-bond donors (Lipinski definition) is 2. The largest absolute Gasteiger partial charge is 0.472 e. The van der Waals surface area contributed by atoms with Crippen molar-refractivity contribution >= 4 is 25.7 Å². The van der Waals surface area contributed by atoms with Gasteiger partial charge in [0, 0.05) is 19.3 Å². The van der Waals surface area contributed by atoms with Gasteiger partial charge in [-0.3, -0.25) is 23.4 Å². The minimum atomic E-state index is -4.77. The zero-order chi connectivity index (χ0) is 55.5. The molecule has 3 atom stereocenters. The Balaban J connectivity index is 4.83. The molecule has 0 spiro atoms. The average molecular weight is 1080 g/mol. The van der Waals surface area contributed by atoms with Crippen molar-refractivity contribution in [1.82, 2.24) is 0 Å². The van der Waals surface area contributed by atoms with Crippen LogP contribution < -0.4 is 0 Å². The summed E-state index contributed by atoms with van der Waals surface area (Å²) in [5.41, 5.74) is 0. The summed E-state index contributed by atoms with van der Waals surface area (Å²) in [5.74, 6) is -1.56. The number of carbonyl (C=O) groups is 3. The second-order valence-electron chi connectivity index (χ2n) is 19.4. The SMILES string of the molecule is CC/C=C\C/C=C\C/C=C\C/C=C\C/C=C\CCCCCC(=O)OC(COC(=O)CCCC/C=C\C/C=C\C/C=C\C/C=C\CC)COP(=O)(O)OCC(CO)OC(=O)CCCCCCCCCCCCCCCCC. The number of aliphatic hydroxyl groups excluding tert-OH is 1. The molecular weight excluding hydrogens is 976 g/mol. The van der Waals surface area contributed by atoms with Crippen LogP contribution >= 0.6 is 7.82 Å². The molecule has 0 saturated carbocycles. The van der Waals surface area contributed by atoms with Gasteiger partial charge >= 0.3 is 25.7 Å². The van der Waals surface area contributed by atoms with E-state index in [0.717, 1.165) is 109 Å². The highest BCUT2D eigenvalue weighted by Crippen LogP contribution is 2.43. The first-order chi connectivity index (χ1) is 37.2. The number of esters is 3. The van der Waals surface area contributed by atoms with Crippen molar-refractivity contribution in [1.29, 1.82) is 0 Å². The van der Waals surface area contributed by atoms with Gasteiger partial charge in [0.05, 0.1) is 19.8 Å². The topological polar surface area (TPSA) is 155 Å². The molecule has 0 aromatic carbocycles. The minimum Gasteiger partial charge on any atom is -0.462 e. The van der Waals surface area contributed by atoms with Gasteiger partial charge in [-0.2, -0.15) is 0 Å². The number of allylic oxidation sites excluding steroid dienone is 18. The first kappa shape index (κ1) is 72.1. The molecule has 12 heteroatoms. The van der Waals surface area contributed by atoms with Crippen LogP contribution in [0.4, 0.5) is 0 Å². The van der Waals surface area contributed by atoms with Gasteiger partial charge in [-0.1, -0.05) is 226 Å². The maximum atomic E-state index is 12.9. The van der Waals surface area contributed by atoms with Gasteiger partial charge in [0.1, 0.15) is 12.7 Å². The third-order valence-electron chi connectivity index (χ3n) is 12.2. The molecule has 434 valence electrons. The van der Waals surface area contributed by atoms with E-state index in [1.165, 1.54) is 70.6 Å². The third-order valence-corrected chi connectivity index (χ3v) is 13.1. The van der Waals surface area contributed by atoms with Crippen LogP contribution in [0.3, 0.4) is 0 Å². The zero-order valence-corrected chi connectivity index (χ0v) is 48.8. The molecule has 0 radical (unpaired) electrons. The van der Waals surface area contributed by atoms with Crippen molar-refractivity contribution in [3.63, 3.8) is 0 Å². The van der Waals surface area contributed by atoms with Gasteiger partial charge in [0.15, 0.2) is 6.10 Å². The summed E-state index contributed by atoms with van der Waals surface area (Å²) >= 11 is 0. The van der Waals surface area contributed by atoms with Gasteiger partial charge in [-0.25, -0.2) is 4.57 Å². The Hall–Kier alpha value is -3.86. The Morgan fingerprint density at radius 1 is 0.382 bits per heavy atom. The second-order valence-corrected chi connectivity index (χ2v) is 20.9. The van der Waals surface area contributed by atoms with Crippen LogP contribution in [0, 0.1) is 0 Å². The van der Waals surface area contributed by atoms with Gasteiger partial charge in [0.25, 0.3) is 0 Å². The molecule has 2 N–H and O–H groups in total. The van der Waals surface area contributed by atoms with Crippen LogP contribution in [-0.2, 0) is 42.2 Å². The standard InChI is InChI=1S/C64H107O11P/c1-4-7-10-13-16-19-22-25-28-29-30-31-34-37-40-43-46-49-52-55-64(68)75-61(57-71-62(66)53-50-47-44-41-38-35-32-26-23-20-17-14-11-8-5-2)59-73-76(69,70)72-58-60(56-65)74-63(67)54-51-48-45-42-39-36-33-27-24-21-18-15-12-9-6-3/h7-8,10-11,16-17,19-20,25-26,28,30-32,37-38,40-41,60-61,65H,4-6,9,12-15,18,21-24,27,29,33-36,39,42-59H2,1-3H3,(H,69,70)/b10-7-,11-8-,19-16-,20-17-,28-25-,31-30-,32-26-,40-37-,41-38-. The molecule has 0 rings (SSSR count). The number of aliphatic hydroxyl groups is 1. The normalized spacial score (nSPS) is 14.1. The van der Waals surface area contributed by atoms with Crippen molar-refractivity contribution in [2.75, 3.05) is 26.4 Å². The maximum absolute atomic E-state index is 12.9. The van der Waals surface area contributed by atoms with E-state index in [1.54, 1.807) is 0 Å². The van der Waals surface area contributed by atoms with E-state index in [0.29, 0.717) is 19.3 Å². The highest BCUT2D eigenvalue weighted by molar-refractivity contribution is 7.47. The van der Waals surface area contributed by atoms with Crippen molar-refractivity contribution in [3.8, 4) is 0 Å². The number of phosphoric ester groups is 1. The highest BCUT2D eigenvalue weighted by atomic mass is 31.2. The number of rotatable bonds is 54. The van der Waals surface area contributed by atoms with Crippen molar-refractivity contribution < 1.29 is 52.2 Å². The van der Waals surface area contributed by atoms with Crippen LogP contribution in [0.15, 0.2) is 109 Å². The summed E-state index contributed by atoms with van der Waals surface area (Å²) in [5, 5.41) is 9.83. The molecule has 3 unspecified atom stereocenters. The predicted octanol–water partition coefficient (Wildman–Crippen LogP) is 17.8. The van der Waals surface area contributed by atoms with Crippen LogP contribution in [0.2, 0.25) is 0 Å². The lowest BCUT2D eigenvalue weighted by molar-refractivity contribution is -0.161. The quantitative estimate of drug-likeness (QED) is 0.0197. The number of ether oxygens (including phenoxy) is 3. The fraction of sp³-hybridized carbons (Fsp3) is 0.672. The highest BCUT2D eigenvalue weighted by Gasteiger charge is 2.28. The summed E-state index contributed by atoms with van der Waals surface area (Å²) in [4.78, 5) is 48.6.